The molecule has 3 amide bonds. The van der Waals surface area contributed by atoms with Crippen molar-refractivity contribution in [2.75, 3.05) is 41.7 Å². The van der Waals surface area contributed by atoms with Gasteiger partial charge in [0.2, 0.25) is 5.91 Å². The highest BCUT2D eigenvalue weighted by Gasteiger charge is 2.21. The monoisotopic (exact) mass is 506 g/mol. The third kappa shape index (κ3) is 8.24. The highest BCUT2D eigenvalue weighted by atomic mass is 16.2. The summed E-state index contributed by atoms with van der Waals surface area (Å²) < 4.78 is 0. The maximum atomic E-state index is 12.9. The molecule has 0 bridgehead atoms. The number of carbonyl (C=O) groups is 2. The number of hydrogen-bond acceptors (Lipinski definition) is 3. The Morgan fingerprint density at radius 1 is 0.784 bits per heavy atom. The lowest BCUT2D eigenvalue weighted by molar-refractivity contribution is -0.131. The number of piperazine rings is 1. The van der Waals surface area contributed by atoms with Crippen LogP contribution in [0.3, 0.4) is 0 Å². The Labute approximate surface area is 223 Å². The van der Waals surface area contributed by atoms with Crippen molar-refractivity contribution in [1.82, 2.24) is 4.90 Å². The molecule has 3 rings (SSSR count). The maximum absolute atomic E-state index is 12.9. The van der Waals surface area contributed by atoms with Gasteiger partial charge in [0.15, 0.2) is 0 Å². The largest absolute Gasteiger partial charge is 0.368 e. The zero-order valence-electron chi connectivity index (χ0n) is 23.5. The predicted molar refractivity (Wildman–Crippen MR) is 156 cm³/mol. The maximum Gasteiger partial charge on any atom is 0.323 e. The number of unbranched alkanes of at least 4 members (excludes halogenated alkanes) is 4. The second-order valence-corrected chi connectivity index (χ2v) is 10.8. The SMILES string of the molecule is CCCCCCCC(=O)N1CCN(c2ccc(NC(=O)Nc3c(C(C)C)cccc3C(C)C)cc2)CC1. The third-order valence-corrected chi connectivity index (χ3v) is 7.23. The van der Waals surface area contributed by atoms with Crippen LogP contribution in [0.4, 0.5) is 21.9 Å². The van der Waals surface area contributed by atoms with E-state index in [1.807, 2.05) is 29.2 Å². The van der Waals surface area contributed by atoms with Crippen LogP contribution in [0.1, 0.15) is 96.1 Å². The van der Waals surface area contributed by atoms with Crippen LogP contribution in [0.5, 0.6) is 0 Å². The Morgan fingerprint density at radius 2 is 1.38 bits per heavy atom. The van der Waals surface area contributed by atoms with Crippen LogP contribution >= 0.6 is 0 Å². The second kappa shape index (κ2) is 14.1. The Bertz CT molecular complexity index is 982. The van der Waals surface area contributed by atoms with Crippen LogP contribution in [0, 0.1) is 0 Å². The summed E-state index contributed by atoms with van der Waals surface area (Å²) in [5.74, 6) is 0.922. The summed E-state index contributed by atoms with van der Waals surface area (Å²) in [5, 5.41) is 6.10. The van der Waals surface area contributed by atoms with Gasteiger partial charge in [-0.15, -0.1) is 0 Å². The number of urea groups is 1. The Hall–Kier alpha value is -3.02. The molecule has 1 heterocycles. The fraction of sp³-hybridized carbons (Fsp3) is 0.548. The quantitative estimate of drug-likeness (QED) is 0.309. The van der Waals surface area contributed by atoms with Gasteiger partial charge in [-0.1, -0.05) is 78.5 Å². The van der Waals surface area contributed by atoms with Crippen LogP contribution < -0.4 is 15.5 Å². The molecule has 0 atom stereocenters. The Balaban J connectivity index is 1.51. The van der Waals surface area contributed by atoms with Gasteiger partial charge in [-0.3, -0.25) is 4.79 Å². The van der Waals surface area contributed by atoms with Gasteiger partial charge >= 0.3 is 6.03 Å². The van der Waals surface area contributed by atoms with E-state index in [0.29, 0.717) is 24.2 Å². The van der Waals surface area contributed by atoms with Gasteiger partial charge in [0.1, 0.15) is 0 Å². The number of anilines is 3. The predicted octanol–water partition coefficient (Wildman–Crippen LogP) is 7.59. The molecule has 202 valence electrons. The van der Waals surface area contributed by atoms with Crippen molar-refractivity contribution in [3.63, 3.8) is 0 Å². The van der Waals surface area contributed by atoms with E-state index >= 15 is 0 Å². The molecule has 0 saturated carbocycles. The number of nitrogens with one attached hydrogen (secondary N) is 2. The fourth-order valence-corrected chi connectivity index (χ4v) is 4.98. The van der Waals surface area contributed by atoms with Gasteiger partial charge in [-0.05, 0) is 53.6 Å². The molecule has 6 heteroatoms. The molecule has 0 unspecified atom stereocenters. The van der Waals surface area contributed by atoms with E-state index in [0.717, 1.165) is 67.2 Å². The average molecular weight is 507 g/mol. The van der Waals surface area contributed by atoms with Crippen LogP contribution in [-0.4, -0.2) is 43.0 Å². The molecule has 2 aromatic rings. The molecule has 1 aliphatic heterocycles. The molecule has 0 spiro atoms. The first-order chi connectivity index (χ1) is 17.8. The van der Waals surface area contributed by atoms with E-state index in [2.05, 4.69) is 68.4 Å². The van der Waals surface area contributed by atoms with Crippen LogP contribution in [0.15, 0.2) is 42.5 Å². The van der Waals surface area contributed by atoms with Crippen molar-refractivity contribution < 1.29 is 9.59 Å². The zero-order valence-corrected chi connectivity index (χ0v) is 23.5. The van der Waals surface area contributed by atoms with E-state index in [1.54, 1.807) is 0 Å². The highest BCUT2D eigenvalue weighted by molar-refractivity contribution is 6.01. The van der Waals surface area contributed by atoms with Crippen molar-refractivity contribution in [2.24, 2.45) is 0 Å². The molecular weight excluding hydrogens is 460 g/mol. The minimum Gasteiger partial charge on any atom is -0.368 e. The van der Waals surface area contributed by atoms with Gasteiger partial charge in [-0.2, -0.15) is 0 Å². The molecule has 37 heavy (non-hydrogen) atoms. The van der Waals surface area contributed by atoms with Gasteiger partial charge in [-0.25, -0.2) is 4.79 Å². The van der Waals surface area contributed by atoms with Crippen molar-refractivity contribution in [1.29, 1.82) is 0 Å². The first-order valence-electron chi connectivity index (χ1n) is 14.1. The van der Waals surface area contributed by atoms with Gasteiger partial charge < -0.3 is 20.4 Å². The molecule has 0 aromatic heterocycles. The molecule has 0 radical (unpaired) electrons. The molecule has 6 nitrogen and oxygen atoms in total. The number of carbonyl (C=O) groups excluding carboxylic acids is 2. The van der Waals surface area contributed by atoms with E-state index in [-0.39, 0.29) is 6.03 Å². The van der Waals surface area contributed by atoms with Gasteiger partial charge in [0.05, 0.1) is 0 Å². The summed E-state index contributed by atoms with van der Waals surface area (Å²) in [7, 11) is 0. The van der Waals surface area contributed by atoms with Crippen molar-refractivity contribution in [2.45, 2.75) is 85.0 Å². The normalized spacial score (nSPS) is 13.8. The number of amides is 3. The summed E-state index contributed by atoms with van der Waals surface area (Å²) in [6, 6.07) is 14.0. The smallest absolute Gasteiger partial charge is 0.323 e. The first-order valence-corrected chi connectivity index (χ1v) is 14.1. The van der Waals surface area contributed by atoms with Crippen LogP contribution in [0.2, 0.25) is 0 Å². The summed E-state index contributed by atoms with van der Waals surface area (Å²) in [6.07, 6.45) is 6.55. The molecule has 2 N–H and O–H groups in total. The van der Waals surface area contributed by atoms with Crippen LogP contribution in [0.25, 0.3) is 0 Å². The lowest BCUT2D eigenvalue weighted by atomic mass is 9.93. The molecule has 2 aromatic carbocycles. The van der Waals surface area contributed by atoms with Crippen molar-refractivity contribution in [3.05, 3.63) is 53.6 Å². The number of rotatable bonds is 11. The fourth-order valence-electron chi connectivity index (χ4n) is 4.98. The lowest BCUT2D eigenvalue weighted by Crippen LogP contribution is -2.48. The minimum atomic E-state index is -0.232. The highest BCUT2D eigenvalue weighted by Crippen LogP contribution is 2.32. The number of hydrogen-bond donors (Lipinski definition) is 2. The standard InChI is InChI=1S/C31H46N4O2/c1-6-7-8-9-10-14-29(36)35-21-19-34(20-22-35)26-17-15-25(16-18-26)32-31(37)33-30-27(23(2)3)12-11-13-28(30)24(4)5/h11-13,15-18,23-24H,6-10,14,19-22H2,1-5H3,(H2,32,33,37). The number of benzene rings is 2. The van der Waals surface area contributed by atoms with Gasteiger partial charge in [0.25, 0.3) is 0 Å². The summed E-state index contributed by atoms with van der Waals surface area (Å²) in [6.45, 7) is 14.0. The molecule has 1 saturated heterocycles. The lowest BCUT2D eigenvalue weighted by Gasteiger charge is -2.36. The Morgan fingerprint density at radius 3 is 1.95 bits per heavy atom. The summed E-state index contributed by atoms with van der Waals surface area (Å²) in [5.41, 5.74) is 5.07. The average Bonchev–Trinajstić information content (AvgIpc) is 2.88. The number of nitrogens with zero attached hydrogens (tertiary/aromatic N) is 2. The van der Waals surface area contributed by atoms with Crippen molar-refractivity contribution in [3.8, 4) is 0 Å². The molecule has 1 aliphatic rings. The summed E-state index contributed by atoms with van der Waals surface area (Å²) in [4.78, 5) is 29.7. The van der Waals surface area contributed by atoms with Gasteiger partial charge in [0, 0.05) is 49.7 Å². The minimum absolute atomic E-state index is 0.232. The number of para-hydroxylation sites is 1. The first kappa shape index (κ1) is 28.5. The summed E-state index contributed by atoms with van der Waals surface area (Å²) >= 11 is 0. The van der Waals surface area contributed by atoms with Crippen molar-refractivity contribution >= 4 is 29.0 Å². The zero-order chi connectivity index (χ0) is 26.8. The van der Waals surface area contributed by atoms with E-state index in [4.69, 9.17) is 0 Å². The molecule has 1 fully saturated rings. The second-order valence-electron chi connectivity index (χ2n) is 10.8. The molecule has 0 aliphatic carbocycles. The Kier molecular flexibility index (Phi) is 10.8. The van der Waals surface area contributed by atoms with Crippen LogP contribution in [-0.2, 0) is 4.79 Å². The molecular formula is C31H46N4O2. The van der Waals surface area contributed by atoms with E-state index in [9.17, 15) is 9.59 Å². The van der Waals surface area contributed by atoms with E-state index in [1.165, 1.54) is 19.3 Å². The topological polar surface area (TPSA) is 64.7 Å². The van der Waals surface area contributed by atoms with E-state index < -0.39 is 0 Å². The third-order valence-electron chi connectivity index (χ3n) is 7.23.